The van der Waals surface area contributed by atoms with Gasteiger partial charge in [0.2, 0.25) is 0 Å². The van der Waals surface area contributed by atoms with Gasteiger partial charge < -0.3 is 4.74 Å². The van der Waals surface area contributed by atoms with Crippen LogP contribution in [0.1, 0.15) is 12.8 Å². The number of hydrogen-bond acceptors (Lipinski definition) is 3. The molecule has 76 valence electrons. The minimum atomic E-state index is 0.0338. The van der Waals surface area contributed by atoms with Gasteiger partial charge in [-0.25, -0.2) is 4.98 Å². The van der Waals surface area contributed by atoms with Crippen molar-refractivity contribution in [1.29, 1.82) is 0 Å². The van der Waals surface area contributed by atoms with Crippen LogP contribution >= 0.6 is 0 Å². The minimum Gasteiger partial charge on any atom is -0.381 e. The summed E-state index contributed by atoms with van der Waals surface area (Å²) in [5.41, 5.74) is 0.0338. The Morgan fingerprint density at radius 3 is 3.00 bits per heavy atom. The van der Waals surface area contributed by atoms with Gasteiger partial charge in [-0.15, -0.1) is 0 Å². The monoisotopic (exact) mass is 194 g/mol. The van der Waals surface area contributed by atoms with Crippen LogP contribution in [0.2, 0.25) is 0 Å². The molecule has 0 aliphatic carbocycles. The Kier molecular flexibility index (Phi) is 2.93. The van der Waals surface area contributed by atoms with Gasteiger partial charge in [0.05, 0.1) is 6.33 Å². The van der Waals surface area contributed by atoms with Crippen molar-refractivity contribution in [3.63, 3.8) is 0 Å². The predicted octanol–water partition coefficient (Wildman–Crippen LogP) is 0.670. The van der Waals surface area contributed by atoms with Gasteiger partial charge in [-0.2, -0.15) is 0 Å². The second-order valence-corrected chi connectivity index (χ2v) is 3.63. The first-order valence-corrected chi connectivity index (χ1v) is 4.94. The molecular formula is C10H14N2O2. The molecule has 1 aliphatic rings. The van der Waals surface area contributed by atoms with Crippen molar-refractivity contribution >= 4 is 0 Å². The van der Waals surface area contributed by atoms with E-state index in [1.807, 2.05) is 0 Å². The van der Waals surface area contributed by atoms with Crippen LogP contribution in [-0.2, 0) is 11.3 Å². The van der Waals surface area contributed by atoms with Gasteiger partial charge in [0.1, 0.15) is 0 Å². The van der Waals surface area contributed by atoms with Crippen LogP contribution in [0.5, 0.6) is 0 Å². The molecule has 0 spiro atoms. The van der Waals surface area contributed by atoms with Crippen molar-refractivity contribution in [3.8, 4) is 0 Å². The summed E-state index contributed by atoms with van der Waals surface area (Å²) in [7, 11) is 0. The highest BCUT2D eigenvalue weighted by molar-refractivity contribution is 4.82. The molecular weight excluding hydrogens is 180 g/mol. The number of aromatic nitrogens is 2. The molecule has 14 heavy (non-hydrogen) atoms. The van der Waals surface area contributed by atoms with E-state index in [0.29, 0.717) is 5.92 Å². The Bertz CT molecular complexity index is 342. The average Bonchev–Trinajstić information content (AvgIpc) is 2.23. The lowest BCUT2D eigenvalue weighted by atomic mass is 10.0. The number of ether oxygens (including phenoxy) is 1. The van der Waals surface area contributed by atoms with E-state index in [9.17, 15) is 4.79 Å². The number of rotatable bonds is 2. The molecule has 1 aromatic heterocycles. The third kappa shape index (κ3) is 2.20. The molecule has 1 fully saturated rings. The zero-order valence-corrected chi connectivity index (χ0v) is 8.06. The molecule has 1 aliphatic heterocycles. The normalized spacial score (nSPS) is 18.3. The fraction of sp³-hybridized carbons (Fsp3) is 0.600. The van der Waals surface area contributed by atoms with E-state index in [-0.39, 0.29) is 5.56 Å². The fourth-order valence-electron chi connectivity index (χ4n) is 1.72. The van der Waals surface area contributed by atoms with E-state index in [0.717, 1.165) is 32.6 Å². The standard InChI is InChI=1S/C10H14N2O2/c13-10-1-4-11-8-12(10)7-9-2-5-14-6-3-9/h1,4,8-9H,2-3,5-7H2. The van der Waals surface area contributed by atoms with Crippen molar-refractivity contribution in [2.75, 3.05) is 13.2 Å². The van der Waals surface area contributed by atoms with E-state index >= 15 is 0 Å². The second-order valence-electron chi connectivity index (χ2n) is 3.63. The Balaban J connectivity index is 2.03. The van der Waals surface area contributed by atoms with Gasteiger partial charge in [-0.05, 0) is 18.8 Å². The van der Waals surface area contributed by atoms with E-state index < -0.39 is 0 Å². The maximum absolute atomic E-state index is 11.4. The zero-order chi connectivity index (χ0) is 9.80. The molecule has 4 nitrogen and oxygen atoms in total. The van der Waals surface area contributed by atoms with Gasteiger partial charge in [0.25, 0.3) is 5.56 Å². The molecule has 4 heteroatoms. The first kappa shape index (κ1) is 9.40. The summed E-state index contributed by atoms with van der Waals surface area (Å²) in [5.74, 6) is 0.561. The quantitative estimate of drug-likeness (QED) is 0.695. The van der Waals surface area contributed by atoms with Crippen molar-refractivity contribution in [2.24, 2.45) is 5.92 Å². The molecule has 1 aromatic rings. The van der Waals surface area contributed by atoms with E-state index in [2.05, 4.69) is 4.98 Å². The fourth-order valence-corrected chi connectivity index (χ4v) is 1.72. The third-order valence-electron chi connectivity index (χ3n) is 2.59. The molecule has 1 saturated heterocycles. The second kappa shape index (κ2) is 4.37. The van der Waals surface area contributed by atoms with Gasteiger partial charge >= 0.3 is 0 Å². The van der Waals surface area contributed by atoms with Crippen LogP contribution in [0.4, 0.5) is 0 Å². The van der Waals surface area contributed by atoms with Crippen molar-refractivity contribution in [3.05, 3.63) is 28.9 Å². The predicted molar refractivity (Wildman–Crippen MR) is 52.0 cm³/mol. The van der Waals surface area contributed by atoms with Gasteiger partial charge in [-0.3, -0.25) is 9.36 Å². The van der Waals surface area contributed by atoms with Gasteiger partial charge in [0.15, 0.2) is 0 Å². The molecule has 0 amide bonds. The average molecular weight is 194 g/mol. The number of hydrogen-bond donors (Lipinski definition) is 0. The highest BCUT2D eigenvalue weighted by atomic mass is 16.5. The van der Waals surface area contributed by atoms with Gasteiger partial charge in [0, 0.05) is 32.0 Å². The van der Waals surface area contributed by atoms with E-state index in [1.54, 1.807) is 10.9 Å². The molecule has 0 N–H and O–H groups in total. The van der Waals surface area contributed by atoms with Crippen LogP contribution in [0, 0.1) is 5.92 Å². The molecule has 0 atom stereocenters. The molecule has 0 saturated carbocycles. The summed E-state index contributed by atoms with van der Waals surface area (Å²) in [6.07, 6.45) is 5.23. The Hall–Kier alpha value is -1.16. The maximum Gasteiger partial charge on any atom is 0.253 e. The summed E-state index contributed by atoms with van der Waals surface area (Å²) >= 11 is 0. The van der Waals surface area contributed by atoms with Crippen molar-refractivity contribution in [2.45, 2.75) is 19.4 Å². The first-order valence-electron chi connectivity index (χ1n) is 4.94. The highest BCUT2D eigenvalue weighted by Gasteiger charge is 2.14. The maximum atomic E-state index is 11.4. The van der Waals surface area contributed by atoms with Crippen LogP contribution in [0.3, 0.4) is 0 Å². The topological polar surface area (TPSA) is 44.1 Å². The van der Waals surface area contributed by atoms with Gasteiger partial charge in [-0.1, -0.05) is 0 Å². The number of nitrogens with zero attached hydrogens (tertiary/aromatic N) is 2. The third-order valence-corrected chi connectivity index (χ3v) is 2.59. The first-order chi connectivity index (χ1) is 6.86. The van der Waals surface area contributed by atoms with Crippen LogP contribution in [0.15, 0.2) is 23.4 Å². The molecule has 2 heterocycles. The summed E-state index contributed by atoms with van der Waals surface area (Å²) in [6.45, 7) is 2.41. The minimum absolute atomic E-state index is 0.0338. The Labute approximate surface area is 82.5 Å². The van der Waals surface area contributed by atoms with Crippen LogP contribution < -0.4 is 5.56 Å². The largest absolute Gasteiger partial charge is 0.381 e. The van der Waals surface area contributed by atoms with Crippen LogP contribution in [-0.4, -0.2) is 22.8 Å². The lowest BCUT2D eigenvalue weighted by Crippen LogP contribution is -2.26. The lowest BCUT2D eigenvalue weighted by molar-refractivity contribution is 0.0608. The van der Waals surface area contributed by atoms with E-state index in [4.69, 9.17) is 4.74 Å². The molecule has 0 unspecified atom stereocenters. The summed E-state index contributed by atoms with van der Waals surface area (Å²) in [4.78, 5) is 15.3. The molecule has 2 rings (SSSR count). The van der Waals surface area contributed by atoms with E-state index in [1.165, 1.54) is 12.3 Å². The SMILES string of the molecule is O=c1ccncn1CC1CCOCC1. The highest BCUT2D eigenvalue weighted by Crippen LogP contribution is 2.15. The smallest absolute Gasteiger partial charge is 0.253 e. The summed E-state index contributed by atoms with van der Waals surface area (Å²) in [5, 5.41) is 0. The Morgan fingerprint density at radius 2 is 2.29 bits per heavy atom. The lowest BCUT2D eigenvalue weighted by Gasteiger charge is -2.22. The summed E-state index contributed by atoms with van der Waals surface area (Å²) in [6, 6.07) is 1.50. The summed E-state index contributed by atoms with van der Waals surface area (Å²) < 4.78 is 6.94. The van der Waals surface area contributed by atoms with Crippen molar-refractivity contribution < 1.29 is 4.74 Å². The van der Waals surface area contributed by atoms with Crippen molar-refractivity contribution in [1.82, 2.24) is 9.55 Å². The zero-order valence-electron chi connectivity index (χ0n) is 8.06. The molecule has 0 aromatic carbocycles. The Morgan fingerprint density at radius 1 is 1.50 bits per heavy atom. The van der Waals surface area contributed by atoms with Crippen LogP contribution in [0.25, 0.3) is 0 Å². The molecule has 0 radical (unpaired) electrons. The molecule has 0 bridgehead atoms.